The fourth-order valence-electron chi connectivity index (χ4n) is 3.83. The van der Waals surface area contributed by atoms with Gasteiger partial charge in [-0.1, -0.05) is 0 Å². The van der Waals surface area contributed by atoms with Crippen molar-refractivity contribution in [3.8, 4) is 11.5 Å². The van der Waals surface area contributed by atoms with Gasteiger partial charge in [0.25, 0.3) is 0 Å². The van der Waals surface area contributed by atoms with Gasteiger partial charge in [-0.15, -0.1) is 0 Å². The third-order valence-corrected chi connectivity index (χ3v) is 5.35. The highest BCUT2D eigenvalue weighted by Crippen LogP contribution is 2.25. The van der Waals surface area contributed by atoms with Crippen molar-refractivity contribution in [2.75, 3.05) is 40.5 Å². The first-order chi connectivity index (χ1) is 14.0. The SMILES string of the molecule is COc1cc(CN2CCN(Cc3cc(F)ccc3F)C[C@H]2CCO)cc(OC)c1. The first kappa shape index (κ1) is 21.5. The molecule has 158 valence electrons. The second-order valence-electron chi connectivity index (χ2n) is 7.33. The van der Waals surface area contributed by atoms with Crippen molar-refractivity contribution >= 4 is 0 Å². The lowest BCUT2D eigenvalue weighted by Gasteiger charge is -2.41. The summed E-state index contributed by atoms with van der Waals surface area (Å²) >= 11 is 0. The van der Waals surface area contributed by atoms with Crippen LogP contribution in [0.3, 0.4) is 0 Å². The zero-order chi connectivity index (χ0) is 20.8. The van der Waals surface area contributed by atoms with Crippen molar-refractivity contribution in [1.82, 2.24) is 9.80 Å². The quantitative estimate of drug-likeness (QED) is 0.730. The van der Waals surface area contributed by atoms with Crippen LogP contribution in [0.2, 0.25) is 0 Å². The van der Waals surface area contributed by atoms with Crippen LogP contribution in [-0.2, 0) is 13.1 Å². The van der Waals surface area contributed by atoms with Gasteiger partial charge in [-0.2, -0.15) is 0 Å². The van der Waals surface area contributed by atoms with Crippen molar-refractivity contribution in [2.45, 2.75) is 25.6 Å². The largest absolute Gasteiger partial charge is 0.497 e. The Morgan fingerprint density at radius 3 is 2.38 bits per heavy atom. The second kappa shape index (κ2) is 10.0. The van der Waals surface area contributed by atoms with Crippen molar-refractivity contribution in [3.05, 3.63) is 59.2 Å². The van der Waals surface area contributed by atoms with Gasteiger partial charge >= 0.3 is 0 Å². The van der Waals surface area contributed by atoms with Crippen LogP contribution in [0.1, 0.15) is 17.5 Å². The maximum Gasteiger partial charge on any atom is 0.127 e. The first-order valence-electron chi connectivity index (χ1n) is 9.75. The molecule has 0 aliphatic carbocycles. The average Bonchev–Trinajstić information content (AvgIpc) is 2.72. The normalized spacial score (nSPS) is 18.0. The van der Waals surface area contributed by atoms with Crippen LogP contribution in [0, 0.1) is 11.6 Å². The number of aliphatic hydroxyl groups is 1. The number of hydrogen-bond acceptors (Lipinski definition) is 5. The van der Waals surface area contributed by atoms with E-state index in [1.165, 1.54) is 12.1 Å². The van der Waals surface area contributed by atoms with E-state index >= 15 is 0 Å². The minimum absolute atomic E-state index is 0.0742. The highest BCUT2D eigenvalue weighted by atomic mass is 19.1. The Morgan fingerprint density at radius 2 is 1.72 bits per heavy atom. The van der Waals surface area contributed by atoms with Crippen molar-refractivity contribution in [3.63, 3.8) is 0 Å². The molecule has 1 heterocycles. The summed E-state index contributed by atoms with van der Waals surface area (Å²) in [6, 6.07) is 9.46. The molecule has 7 heteroatoms. The van der Waals surface area contributed by atoms with Gasteiger partial charge in [-0.05, 0) is 42.3 Å². The van der Waals surface area contributed by atoms with E-state index in [-0.39, 0.29) is 12.6 Å². The minimum atomic E-state index is -0.432. The van der Waals surface area contributed by atoms with Crippen molar-refractivity contribution in [2.24, 2.45) is 0 Å². The monoisotopic (exact) mass is 406 g/mol. The number of benzene rings is 2. The van der Waals surface area contributed by atoms with E-state index in [1.54, 1.807) is 14.2 Å². The zero-order valence-electron chi connectivity index (χ0n) is 16.9. The zero-order valence-corrected chi connectivity index (χ0v) is 16.9. The predicted octanol–water partition coefficient (Wildman–Crippen LogP) is 3.05. The smallest absolute Gasteiger partial charge is 0.127 e. The van der Waals surface area contributed by atoms with Crippen LogP contribution in [-0.4, -0.2) is 61.4 Å². The summed E-state index contributed by atoms with van der Waals surface area (Å²) < 4.78 is 38.2. The van der Waals surface area contributed by atoms with Crippen molar-refractivity contribution < 1.29 is 23.4 Å². The van der Waals surface area contributed by atoms with Crippen LogP contribution >= 0.6 is 0 Å². The summed E-state index contributed by atoms with van der Waals surface area (Å²) in [4.78, 5) is 4.42. The minimum Gasteiger partial charge on any atom is -0.497 e. The van der Waals surface area contributed by atoms with E-state index in [1.807, 2.05) is 18.2 Å². The molecule has 2 aromatic rings. The standard InChI is InChI=1S/C22H28F2N2O3/c1-28-20-9-16(10-21(12-20)29-2)13-26-7-6-25(15-19(26)5-8-27)14-17-11-18(23)3-4-22(17)24/h3-4,9-12,19,27H,5-8,13-15H2,1-2H3/t19-/m1/s1. The van der Waals surface area contributed by atoms with Gasteiger partial charge in [-0.3, -0.25) is 9.80 Å². The lowest BCUT2D eigenvalue weighted by molar-refractivity contribution is 0.0493. The number of halogens is 2. The molecule has 1 atom stereocenters. The Kier molecular flexibility index (Phi) is 7.41. The molecule has 0 bridgehead atoms. The number of aliphatic hydroxyl groups excluding tert-OH is 1. The van der Waals surface area contributed by atoms with Gasteiger partial charge in [-0.25, -0.2) is 8.78 Å². The van der Waals surface area contributed by atoms with Gasteiger partial charge in [0.1, 0.15) is 23.1 Å². The van der Waals surface area contributed by atoms with E-state index in [9.17, 15) is 13.9 Å². The van der Waals surface area contributed by atoms with Gasteiger partial charge < -0.3 is 14.6 Å². The average molecular weight is 406 g/mol. The van der Waals surface area contributed by atoms with Gasteiger partial charge in [0, 0.05) is 57.0 Å². The highest BCUT2D eigenvalue weighted by Gasteiger charge is 2.27. The molecule has 0 aromatic heterocycles. The van der Waals surface area contributed by atoms with Gasteiger partial charge in [0.05, 0.1) is 14.2 Å². The molecule has 29 heavy (non-hydrogen) atoms. The third kappa shape index (κ3) is 5.65. The van der Waals surface area contributed by atoms with Crippen LogP contribution in [0.15, 0.2) is 36.4 Å². The summed E-state index contributed by atoms with van der Waals surface area (Å²) in [6.07, 6.45) is 0.614. The van der Waals surface area contributed by atoms with E-state index in [4.69, 9.17) is 9.47 Å². The van der Waals surface area contributed by atoms with Crippen LogP contribution in [0.5, 0.6) is 11.5 Å². The highest BCUT2D eigenvalue weighted by molar-refractivity contribution is 5.38. The molecule has 0 amide bonds. The molecule has 1 saturated heterocycles. The van der Waals surface area contributed by atoms with Crippen LogP contribution in [0.4, 0.5) is 8.78 Å². The molecule has 5 nitrogen and oxygen atoms in total. The Morgan fingerprint density at radius 1 is 1.00 bits per heavy atom. The number of nitrogens with zero attached hydrogens (tertiary/aromatic N) is 2. The van der Waals surface area contributed by atoms with Gasteiger partial charge in [0.2, 0.25) is 0 Å². The number of hydrogen-bond donors (Lipinski definition) is 1. The molecule has 0 spiro atoms. The molecular weight excluding hydrogens is 378 g/mol. The first-order valence-corrected chi connectivity index (χ1v) is 9.75. The lowest BCUT2D eigenvalue weighted by atomic mass is 10.1. The molecule has 0 unspecified atom stereocenters. The molecule has 0 saturated carbocycles. The summed E-state index contributed by atoms with van der Waals surface area (Å²) in [5, 5.41) is 9.53. The van der Waals surface area contributed by atoms with Crippen molar-refractivity contribution in [1.29, 1.82) is 0 Å². The number of methoxy groups -OCH3 is 2. The fraction of sp³-hybridized carbons (Fsp3) is 0.455. The Balaban J connectivity index is 1.70. The summed E-state index contributed by atoms with van der Waals surface area (Å²) in [7, 11) is 3.24. The third-order valence-electron chi connectivity index (χ3n) is 5.35. The number of rotatable bonds is 8. The maximum absolute atomic E-state index is 14.0. The van der Waals surface area contributed by atoms with E-state index in [2.05, 4.69) is 9.80 Å². The summed E-state index contributed by atoms with van der Waals surface area (Å²) in [5.74, 6) is 0.645. The maximum atomic E-state index is 14.0. The predicted molar refractivity (Wildman–Crippen MR) is 107 cm³/mol. The number of piperazine rings is 1. The van der Waals surface area contributed by atoms with E-state index in [0.29, 0.717) is 31.6 Å². The lowest BCUT2D eigenvalue weighted by Crippen LogP contribution is -2.52. The molecule has 2 aromatic carbocycles. The summed E-state index contributed by atoms with van der Waals surface area (Å²) in [6.45, 7) is 3.30. The van der Waals surface area contributed by atoms with Crippen LogP contribution < -0.4 is 9.47 Å². The molecule has 1 aliphatic rings. The molecule has 1 aliphatic heterocycles. The molecule has 1 N–H and O–H groups in total. The Bertz CT molecular complexity index is 796. The Labute approximate surface area is 170 Å². The van der Waals surface area contributed by atoms with E-state index in [0.717, 1.165) is 36.2 Å². The molecule has 3 rings (SSSR count). The second-order valence-corrected chi connectivity index (χ2v) is 7.33. The van der Waals surface area contributed by atoms with Gasteiger partial charge in [0.15, 0.2) is 0 Å². The molecule has 0 radical (unpaired) electrons. The van der Waals surface area contributed by atoms with E-state index < -0.39 is 11.6 Å². The summed E-state index contributed by atoms with van der Waals surface area (Å²) in [5.41, 5.74) is 1.42. The fourth-order valence-corrected chi connectivity index (χ4v) is 3.83. The Hall–Kier alpha value is -2.22. The topological polar surface area (TPSA) is 45.2 Å². The molecular formula is C22H28F2N2O3. The molecule has 1 fully saturated rings. The number of ether oxygens (including phenoxy) is 2. The van der Waals surface area contributed by atoms with Crippen LogP contribution in [0.25, 0.3) is 0 Å².